The Balaban J connectivity index is 1.81. The molecule has 0 unspecified atom stereocenters. The first kappa shape index (κ1) is 15.9. The molecule has 2 aromatic heterocycles. The molecule has 3 rings (SSSR count). The fraction of sp³-hybridized carbons (Fsp3) is 0.357. The van der Waals surface area contributed by atoms with Crippen LogP contribution in [0, 0.1) is 0 Å². The van der Waals surface area contributed by atoms with Crippen LogP contribution in [0.5, 0.6) is 0 Å². The first-order valence-corrected chi connectivity index (χ1v) is 7.23. The largest absolute Gasteiger partial charge is 0.449 e. The predicted octanol–water partition coefficient (Wildman–Crippen LogP) is 2.40. The number of alkyl halides is 3. The minimum Gasteiger partial charge on any atom is -0.303 e. The van der Waals surface area contributed by atoms with Crippen LogP contribution in [0.1, 0.15) is 22.6 Å². The molecule has 5 nitrogen and oxygen atoms in total. The molecule has 0 spiro atoms. The first-order valence-electron chi connectivity index (χ1n) is 6.85. The van der Waals surface area contributed by atoms with Gasteiger partial charge in [-0.3, -0.25) is 9.69 Å². The van der Waals surface area contributed by atoms with Gasteiger partial charge in [0.25, 0.3) is 5.56 Å². The molecule has 0 radical (unpaired) electrons. The molecule has 0 fully saturated rings. The smallest absolute Gasteiger partial charge is 0.303 e. The summed E-state index contributed by atoms with van der Waals surface area (Å²) in [6, 6.07) is 3.48. The second kappa shape index (κ2) is 5.93. The van der Waals surface area contributed by atoms with Gasteiger partial charge in [0.2, 0.25) is 5.82 Å². The van der Waals surface area contributed by atoms with Gasteiger partial charge in [-0.25, -0.2) is 9.97 Å². The van der Waals surface area contributed by atoms with Crippen LogP contribution in [0.15, 0.2) is 23.1 Å². The number of hydrogen-bond donors (Lipinski definition) is 1. The van der Waals surface area contributed by atoms with Crippen molar-refractivity contribution in [2.75, 3.05) is 6.54 Å². The van der Waals surface area contributed by atoms with Crippen molar-refractivity contribution in [2.24, 2.45) is 0 Å². The third-order valence-corrected chi connectivity index (χ3v) is 3.83. The Kier molecular flexibility index (Phi) is 4.11. The first-order chi connectivity index (χ1) is 10.8. The zero-order chi connectivity index (χ0) is 16.6. The van der Waals surface area contributed by atoms with Crippen molar-refractivity contribution in [3.63, 3.8) is 0 Å². The SMILES string of the molecule is O=c1[nH]c(C(F)(F)F)nc2c1CN(Cc1ccc(Cl)nc1)CC2. The summed E-state index contributed by atoms with van der Waals surface area (Å²) in [5.41, 5.74) is 0.674. The van der Waals surface area contributed by atoms with Gasteiger partial charge in [-0.05, 0) is 11.6 Å². The van der Waals surface area contributed by atoms with Gasteiger partial charge >= 0.3 is 6.18 Å². The highest BCUT2D eigenvalue weighted by molar-refractivity contribution is 6.29. The second-order valence-corrected chi connectivity index (χ2v) is 5.67. The third-order valence-electron chi connectivity index (χ3n) is 3.61. The molecule has 9 heteroatoms. The molecule has 3 heterocycles. The summed E-state index contributed by atoms with van der Waals surface area (Å²) in [6.07, 6.45) is -2.73. The van der Waals surface area contributed by atoms with Crippen molar-refractivity contribution in [3.05, 3.63) is 56.5 Å². The Morgan fingerprint density at radius 3 is 2.78 bits per heavy atom. The van der Waals surface area contributed by atoms with E-state index in [4.69, 9.17) is 11.6 Å². The van der Waals surface area contributed by atoms with Crippen LogP contribution in [-0.4, -0.2) is 26.4 Å². The van der Waals surface area contributed by atoms with Gasteiger partial charge in [0.15, 0.2) is 0 Å². The number of nitrogens with zero attached hydrogens (tertiary/aromatic N) is 3. The lowest BCUT2D eigenvalue weighted by molar-refractivity contribution is -0.145. The van der Waals surface area contributed by atoms with E-state index in [0.29, 0.717) is 24.7 Å². The van der Waals surface area contributed by atoms with E-state index >= 15 is 0 Å². The van der Waals surface area contributed by atoms with E-state index in [1.165, 1.54) is 0 Å². The number of hydrogen-bond acceptors (Lipinski definition) is 4. The second-order valence-electron chi connectivity index (χ2n) is 5.29. The summed E-state index contributed by atoms with van der Waals surface area (Å²) >= 11 is 5.72. The van der Waals surface area contributed by atoms with Gasteiger partial charge in [-0.2, -0.15) is 13.2 Å². The molecule has 23 heavy (non-hydrogen) atoms. The maximum atomic E-state index is 12.7. The number of nitrogens with one attached hydrogen (secondary N) is 1. The standard InChI is InChI=1S/C14H12ClF3N4O/c15-11-2-1-8(5-19-11)6-22-4-3-10-9(7-22)12(23)21-13(20-10)14(16,17)18/h1-2,5H,3-4,6-7H2,(H,20,21,23). The average Bonchev–Trinajstić information content (AvgIpc) is 2.49. The molecule has 0 atom stereocenters. The lowest BCUT2D eigenvalue weighted by Crippen LogP contribution is -2.36. The van der Waals surface area contributed by atoms with E-state index in [9.17, 15) is 18.0 Å². The normalized spacial score (nSPS) is 15.5. The van der Waals surface area contributed by atoms with E-state index < -0.39 is 17.6 Å². The topological polar surface area (TPSA) is 61.9 Å². The van der Waals surface area contributed by atoms with Gasteiger partial charge in [0.05, 0.1) is 11.3 Å². The van der Waals surface area contributed by atoms with Crippen molar-refractivity contribution < 1.29 is 13.2 Å². The molecule has 1 aliphatic rings. The van der Waals surface area contributed by atoms with E-state index in [2.05, 4.69) is 9.97 Å². The maximum absolute atomic E-state index is 12.7. The summed E-state index contributed by atoms with van der Waals surface area (Å²) in [6.45, 7) is 1.30. The Hall–Kier alpha value is -1.93. The fourth-order valence-corrected chi connectivity index (χ4v) is 2.62. The Morgan fingerprint density at radius 1 is 1.35 bits per heavy atom. The highest BCUT2D eigenvalue weighted by Crippen LogP contribution is 2.26. The molecule has 0 saturated carbocycles. The van der Waals surface area contributed by atoms with E-state index in [-0.39, 0.29) is 17.8 Å². The number of H-pyrrole nitrogens is 1. The maximum Gasteiger partial charge on any atom is 0.449 e. The Morgan fingerprint density at radius 2 is 2.13 bits per heavy atom. The third kappa shape index (κ3) is 3.53. The van der Waals surface area contributed by atoms with E-state index in [1.54, 1.807) is 12.3 Å². The van der Waals surface area contributed by atoms with Crippen LogP contribution < -0.4 is 5.56 Å². The van der Waals surface area contributed by atoms with Gasteiger partial charge in [-0.1, -0.05) is 17.7 Å². The zero-order valence-electron chi connectivity index (χ0n) is 11.8. The predicted molar refractivity (Wildman–Crippen MR) is 76.9 cm³/mol. The quantitative estimate of drug-likeness (QED) is 0.850. The van der Waals surface area contributed by atoms with Gasteiger partial charge in [-0.15, -0.1) is 0 Å². The van der Waals surface area contributed by atoms with Crippen LogP contribution in [0.4, 0.5) is 13.2 Å². The van der Waals surface area contributed by atoms with Gasteiger partial charge in [0, 0.05) is 32.3 Å². The van der Waals surface area contributed by atoms with Crippen LogP contribution >= 0.6 is 11.6 Å². The lowest BCUT2D eigenvalue weighted by Gasteiger charge is -2.27. The lowest BCUT2D eigenvalue weighted by atomic mass is 10.1. The highest BCUT2D eigenvalue weighted by Gasteiger charge is 2.35. The van der Waals surface area contributed by atoms with Crippen LogP contribution in [0.3, 0.4) is 0 Å². The molecule has 1 N–H and O–H groups in total. The number of aromatic amines is 1. The summed E-state index contributed by atoms with van der Waals surface area (Å²) in [4.78, 5) is 23.2. The van der Waals surface area contributed by atoms with E-state index in [1.807, 2.05) is 16.0 Å². The molecular formula is C14H12ClF3N4O. The molecule has 0 bridgehead atoms. The molecule has 0 aliphatic carbocycles. The number of pyridine rings is 1. The Bertz CT molecular complexity index is 773. The number of aromatic nitrogens is 3. The van der Waals surface area contributed by atoms with Crippen molar-refractivity contribution in [3.8, 4) is 0 Å². The van der Waals surface area contributed by atoms with Crippen LogP contribution in [0.2, 0.25) is 5.15 Å². The summed E-state index contributed by atoms with van der Waals surface area (Å²) < 4.78 is 38.0. The summed E-state index contributed by atoms with van der Waals surface area (Å²) in [7, 11) is 0. The van der Waals surface area contributed by atoms with Crippen LogP contribution in [-0.2, 0) is 25.7 Å². The molecule has 0 saturated heterocycles. The van der Waals surface area contributed by atoms with Crippen LogP contribution in [0.25, 0.3) is 0 Å². The minimum absolute atomic E-state index is 0.214. The monoisotopic (exact) mass is 344 g/mol. The zero-order valence-corrected chi connectivity index (χ0v) is 12.6. The molecule has 1 aliphatic heterocycles. The number of fused-ring (bicyclic) bond motifs is 1. The fourth-order valence-electron chi connectivity index (χ4n) is 2.51. The molecule has 122 valence electrons. The van der Waals surface area contributed by atoms with Crippen molar-refractivity contribution in [2.45, 2.75) is 25.7 Å². The Labute approximate surface area is 134 Å². The average molecular weight is 345 g/mol. The number of rotatable bonds is 2. The molecule has 0 aromatic carbocycles. The summed E-state index contributed by atoms with van der Waals surface area (Å²) in [5, 5.41) is 0.387. The molecule has 2 aromatic rings. The minimum atomic E-state index is -4.65. The van der Waals surface area contributed by atoms with Gasteiger partial charge in [0.1, 0.15) is 5.15 Å². The van der Waals surface area contributed by atoms with Crippen molar-refractivity contribution >= 4 is 11.6 Å². The molecule has 0 amide bonds. The van der Waals surface area contributed by atoms with E-state index in [0.717, 1.165) is 5.56 Å². The van der Waals surface area contributed by atoms with Crippen molar-refractivity contribution in [1.29, 1.82) is 0 Å². The summed E-state index contributed by atoms with van der Waals surface area (Å²) in [5.74, 6) is -1.24. The van der Waals surface area contributed by atoms with Gasteiger partial charge < -0.3 is 4.98 Å². The number of halogens is 4. The van der Waals surface area contributed by atoms with Crippen molar-refractivity contribution in [1.82, 2.24) is 19.9 Å². The molecular weight excluding hydrogens is 333 g/mol. The highest BCUT2D eigenvalue weighted by atomic mass is 35.5.